The maximum atomic E-state index is 13.6. The highest BCUT2D eigenvalue weighted by atomic mass is 32.1. The fraction of sp³-hybridized carbons (Fsp3) is 0.389. The van der Waals surface area contributed by atoms with E-state index in [4.69, 9.17) is 0 Å². The van der Waals surface area contributed by atoms with Crippen molar-refractivity contribution in [1.82, 2.24) is 15.1 Å². The molecule has 0 radical (unpaired) electrons. The summed E-state index contributed by atoms with van der Waals surface area (Å²) in [4.78, 5) is 18.1. The van der Waals surface area contributed by atoms with Crippen molar-refractivity contribution in [2.45, 2.75) is 6.04 Å². The van der Waals surface area contributed by atoms with Gasteiger partial charge in [0, 0.05) is 37.6 Å². The highest BCUT2D eigenvalue weighted by Gasteiger charge is 2.25. The van der Waals surface area contributed by atoms with E-state index in [1.54, 1.807) is 29.5 Å². The molecule has 1 unspecified atom stereocenters. The predicted octanol–water partition coefficient (Wildman–Crippen LogP) is 3.00. The Morgan fingerprint density at radius 3 is 2.64 bits per heavy atom. The fourth-order valence-electron chi connectivity index (χ4n) is 2.94. The Bertz CT molecular complexity index is 686. The zero-order valence-corrected chi connectivity index (χ0v) is 15.1. The molecule has 3 rings (SSSR count). The number of piperazine rings is 1. The van der Waals surface area contributed by atoms with Crippen LogP contribution in [0.1, 0.15) is 10.9 Å². The lowest BCUT2D eigenvalue weighted by atomic mass is 10.1. The number of hydrogen-bond acceptors (Lipinski definition) is 4. The molecule has 5 nitrogen and oxygen atoms in total. The van der Waals surface area contributed by atoms with Crippen LogP contribution in [0.3, 0.4) is 0 Å². The van der Waals surface area contributed by atoms with Crippen LogP contribution in [0.15, 0.2) is 41.8 Å². The van der Waals surface area contributed by atoms with Gasteiger partial charge >= 0.3 is 6.03 Å². The zero-order valence-electron chi connectivity index (χ0n) is 14.2. The van der Waals surface area contributed by atoms with E-state index in [-0.39, 0.29) is 17.8 Å². The number of nitrogens with zero attached hydrogens (tertiary/aromatic N) is 2. The number of likely N-dealkylation sites (N-methyl/N-ethyl adjacent to an activating group) is 1. The van der Waals surface area contributed by atoms with Gasteiger partial charge in [0.1, 0.15) is 5.82 Å². The molecule has 7 heteroatoms. The third-order valence-corrected chi connectivity index (χ3v) is 5.40. The molecule has 0 aliphatic carbocycles. The van der Waals surface area contributed by atoms with Crippen LogP contribution >= 0.6 is 11.3 Å². The summed E-state index contributed by atoms with van der Waals surface area (Å²) < 4.78 is 13.6. The first kappa shape index (κ1) is 17.8. The maximum absolute atomic E-state index is 13.6. The van der Waals surface area contributed by atoms with Crippen molar-refractivity contribution >= 4 is 23.1 Å². The molecule has 0 saturated carbocycles. The number of anilines is 1. The number of rotatable bonds is 5. The maximum Gasteiger partial charge on any atom is 0.319 e. The van der Waals surface area contributed by atoms with Gasteiger partial charge in [-0.25, -0.2) is 9.18 Å². The molecule has 1 aliphatic heterocycles. The molecule has 2 aromatic rings. The first-order valence-electron chi connectivity index (χ1n) is 8.39. The summed E-state index contributed by atoms with van der Waals surface area (Å²) in [6, 6.07) is 10.0. The summed E-state index contributed by atoms with van der Waals surface area (Å²) in [5, 5.41) is 7.52. The lowest BCUT2D eigenvalue weighted by Crippen LogP contribution is -2.48. The van der Waals surface area contributed by atoms with E-state index >= 15 is 0 Å². The van der Waals surface area contributed by atoms with Gasteiger partial charge in [0.15, 0.2) is 0 Å². The van der Waals surface area contributed by atoms with E-state index in [0.29, 0.717) is 6.54 Å². The summed E-state index contributed by atoms with van der Waals surface area (Å²) in [6.45, 7) is 4.46. The number of halogens is 1. The van der Waals surface area contributed by atoms with E-state index in [1.165, 1.54) is 10.9 Å². The largest absolute Gasteiger partial charge is 0.336 e. The van der Waals surface area contributed by atoms with Gasteiger partial charge in [-0.3, -0.25) is 4.90 Å². The molecule has 25 heavy (non-hydrogen) atoms. The van der Waals surface area contributed by atoms with Crippen LogP contribution in [0.25, 0.3) is 0 Å². The van der Waals surface area contributed by atoms with E-state index in [0.717, 1.165) is 26.2 Å². The van der Waals surface area contributed by atoms with Crippen molar-refractivity contribution in [3.05, 3.63) is 52.5 Å². The molecule has 1 saturated heterocycles. The van der Waals surface area contributed by atoms with Crippen LogP contribution in [0.4, 0.5) is 14.9 Å². The molecule has 0 spiro atoms. The van der Waals surface area contributed by atoms with Crippen molar-refractivity contribution in [3.8, 4) is 0 Å². The molecule has 1 atom stereocenters. The van der Waals surface area contributed by atoms with Crippen molar-refractivity contribution in [3.63, 3.8) is 0 Å². The average molecular weight is 362 g/mol. The summed E-state index contributed by atoms with van der Waals surface area (Å²) in [7, 11) is 2.12. The molecule has 134 valence electrons. The number of benzene rings is 1. The number of carbonyl (C=O) groups excluding carboxylic acids is 1. The Morgan fingerprint density at radius 2 is 1.96 bits per heavy atom. The zero-order chi connectivity index (χ0) is 17.6. The SMILES string of the molecule is CN1CCN(C(CNC(=O)Nc2ccccc2F)c2cccs2)CC1. The monoisotopic (exact) mass is 362 g/mol. The highest BCUT2D eigenvalue weighted by Crippen LogP contribution is 2.25. The first-order chi connectivity index (χ1) is 12.1. The molecule has 1 aromatic heterocycles. The number of para-hydroxylation sites is 1. The van der Waals surface area contributed by atoms with Crippen LogP contribution < -0.4 is 10.6 Å². The van der Waals surface area contributed by atoms with Crippen LogP contribution in [0.2, 0.25) is 0 Å². The number of amides is 2. The Labute approximate surface area is 151 Å². The topological polar surface area (TPSA) is 47.6 Å². The Hall–Kier alpha value is -1.96. The molecule has 2 amide bonds. The van der Waals surface area contributed by atoms with E-state index in [9.17, 15) is 9.18 Å². The lowest BCUT2D eigenvalue weighted by molar-refractivity contribution is 0.113. The van der Waals surface area contributed by atoms with Crippen LogP contribution in [0, 0.1) is 5.82 Å². The predicted molar refractivity (Wildman–Crippen MR) is 99.6 cm³/mol. The van der Waals surface area contributed by atoms with Gasteiger partial charge in [-0.1, -0.05) is 18.2 Å². The standard InChI is InChI=1S/C18H23FN4OS/c1-22-8-10-23(11-9-22)16(17-7-4-12-25-17)13-20-18(24)21-15-6-3-2-5-14(15)19/h2-7,12,16H,8-11,13H2,1H3,(H2,20,21,24). The Balaban J connectivity index is 1.61. The minimum absolute atomic E-state index is 0.139. The second kappa shape index (κ2) is 8.42. The quantitative estimate of drug-likeness (QED) is 0.860. The summed E-state index contributed by atoms with van der Waals surface area (Å²) in [6.07, 6.45) is 0. The summed E-state index contributed by atoms with van der Waals surface area (Å²) >= 11 is 1.70. The molecular formula is C18H23FN4OS. The highest BCUT2D eigenvalue weighted by molar-refractivity contribution is 7.10. The minimum Gasteiger partial charge on any atom is -0.336 e. The Kier molecular flexibility index (Phi) is 6.01. The summed E-state index contributed by atoms with van der Waals surface area (Å²) in [5.74, 6) is -0.438. The van der Waals surface area contributed by atoms with Crippen molar-refractivity contribution < 1.29 is 9.18 Å². The number of hydrogen-bond donors (Lipinski definition) is 2. The molecular weight excluding hydrogens is 339 g/mol. The van der Waals surface area contributed by atoms with E-state index in [1.807, 2.05) is 6.07 Å². The van der Waals surface area contributed by atoms with E-state index in [2.05, 4.69) is 38.9 Å². The third-order valence-electron chi connectivity index (χ3n) is 4.43. The molecule has 2 N–H and O–H groups in total. The molecule has 2 heterocycles. The van der Waals surface area contributed by atoms with Crippen LogP contribution in [-0.4, -0.2) is 55.6 Å². The van der Waals surface area contributed by atoms with Crippen molar-refractivity contribution in [2.24, 2.45) is 0 Å². The minimum atomic E-state index is -0.438. The summed E-state index contributed by atoms with van der Waals surface area (Å²) in [5.41, 5.74) is 0.187. The lowest BCUT2D eigenvalue weighted by Gasteiger charge is -2.37. The van der Waals surface area contributed by atoms with E-state index < -0.39 is 5.82 Å². The normalized spacial score (nSPS) is 17.2. The number of urea groups is 1. The number of carbonyl (C=O) groups is 1. The van der Waals surface area contributed by atoms with Gasteiger partial charge in [-0.15, -0.1) is 11.3 Å². The molecule has 1 fully saturated rings. The Morgan fingerprint density at radius 1 is 1.20 bits per heavy atom. The van der Waals surface area contributed by atoms with Crippen molar-refractivity contribution in [1.29, 1.82) is 0 Å². The number of nitrogens with one attached hydrogen (secondary N) is 2. The van der Waals surface area contributed by atoms with Gasteiger partial charge in [0.2, 0.25) is 0 Å². The fourth-order valence-corrected chi connectivity index (χ4v) is 3.80. The van der Waals surface area contributed by atoms with Gasteiger partial charge in [-0.2, -0.15) is 0 Å². The second-order valence-electron chi connectivity index (χ2n) is 6.19. The van der Waals surface area contributed by atoms with Gasteiger partial charge in [0.05, 0.1) is 11.7 Å². The average Bonchev–Trinajstić information content (AvgIpc) is 3.13. The smallest absolute Gasteiger partial charge is 0.319 e. The molecule has 1 aliphatic rings. The van der Waals surface area contributed by atoms with Crippen molar-refractivity contribution in [2.75, 3.05) is 45.1 Å². The van der Waals surface area contributed by atoms with Gasteiger partial charge in [-0.05, 0) is 30.6 Å². The molecule has 0 bridgehead atoms. The molecule has 1 aromatic carbocycles. The van der Waals surface area contributed by atoms with Crippen LogP contribution in [0.5, 0.6) is 0 Å². The first-order valence-corrected chi connectivity index (χ1v) is 9.27. The number of thiophene rings is 1. The second-order valence-corrected chi connectivity index (χ2v) is 7.16. The van der Waals surface area contributed by atoms with Crippen LogP contribution in [-0.2, 0) is 0 Å². The van der Waals surface area contributed by atoms with Gasteiger partial charge in [0.25, 0.3) is 0 Å². The third kappa shape index (κ3) is 4.78. The van der Waals surface area contributed by atoms with Gasteiger partial charge < -0.3 is 15.5 Å².